The van der Waals surface area contributed by atoms with E-state index in [4.69, 9.17) is 16.3 Å². The minimum atomic E-state index is 0.631. The Morgan fingerprint density at radius 2 is 2.05 bits per heavy atom. The van der Waals surface area contributed by atoms with Gasteiger partial charge in [0, 0.05) is 43.7 Å². The van der Waals surface area contributed by atoms with Crippen molar-refractivity contribution in [1.29, 1.82) is 0 Å². The Morgan fingerprint density at radius 1 is 1.25 bits per heavy atom. The Morgan fingerprint density at radius 3 is 2.80 bits per heavy atom. The number of hydrogen-bond donors (Lipinski definition) is 0. The molecule has 4 heteroatoms. The van der Waals surface area contributed by atoms with Crippen molar-refractivity contribution in [2.75, 3.05) is 32.7 Å². The number of fused-ring (bicyclic) bond motifs is 1. The maximum Gasteiger partial charge on any atom is 0.0708 e. The van der Waals surface area contributed by atoms with Gasteiger partial charge in [0.15, 0.2) is 0 Å². The summed E-state index contributed by atoms with van der Waals surface area (Å²) in [5, 5.41) is 1.22. The number of alkyl halides is 1. The molecule has 0 saturated heterocycles. The number of ether oxygens (including phenoxy) is 1. The van der Waals surface area contributed by atoms with Gasteiger partial charge < -0.3 is 4.74 Å². The fourth-order valence-corrected chi connectivity index (χ4v) is 2.62. The summed E-state index contributed by atoms with van der Waals surface area (Å²) in [6.07, 6.45) is 0. The fourth-order valence-electron chi connectivity index (χ4n) is 2.38. The minimum absolute atomic E-state index is 0.631. The maximum absolute atomic E-state index is 5.90. The molecule has 0 amide bonds. The highest BCUT2D eigenvalue weighted by Crippen LogP contribution is 2.19. The standard InChI is InChI=1S/C16H21ClN2O/c1-13-11-14(12-19(8-7-17)9-10-20-2)15-5-3-4-6-16(15)18-13/h3-6,11H,7-10,12H2,1-2H3. The lowest BCUT2D eigenvalue weighted by Crippen LogP contribution is -2.29. The van der Waals surface area contributed by atoms with E-state index in [0.717, 1.165) is 37.5 Å². The fraction of sp³-hybridized carbons (Fsp3) is 0.438. The Bertz CT molecular complexity index is 559. The van der Waals surface area contributed by atoms with Gasteiger partial charge in [0.05, 0.1) is 12.1 Å². The summed E-state index contributed by atoms with van der Waals surface area (Å²) >= 11 is 5.90. The van der Waals surface area contributed by atoms with Crippen LogP contribution in [0.5, 0.6) is 0 Å². The summed E-state index contributed by atoms with van der Waals surface area (Å²) in [6, 6.07) is 10.4. The number of halogens is 1. The second-order valence-electron chi connectivity index (χ2n) is 4.90. The summed E-state index contributed by atoms with van der Waals surface area (Å²) in [4.78, 5) is 6.90. The highest BCUT2D eigenvalue weighted by Gasteiger charge is 2.09. The number of methoxy groups -OCH3 is 1. The van der Waals surface area contributed by atoms with Crippen LogP contribution in [0.1, 0.15) is 11.3 Å². The number of aryl methyl sites for hydroxylation is 1. The predicted molar refractivity (Wildman–Crippen MR) is 84.4 cm³/mol. The van der Waals surface area contributed by atoms with E-state index in [1.807, 2.05) is 13.0 Å². The monoisotopic (exact) mass is 292 g/mol. The zero-order chi connectivity index (χ0) is 14.4. The van der Waals surface area contributed by atoms with Crippen LogP contribution in [-0.2, 0) is 11.3 Å². The number of benzene rings is 1. The Hall–Kier alpha value is -1.16. The summed E-state index contributed by atoms with van der Waals surface area (Å²) < 4.78 is 5.17. The van der Waals surface area contributed by atoms with Crippen molar-refractivity contribution in [3.8, 4) is 0 Å². The lowest BCUT2D eigenvalue weighted by Gasteiger charge is -2.22. The molecule has 2 rings (SSSR count). The Kier molecular flexibility index (Phi) is 5.77. The first-order valence-corrected chi connectivity index (χ1v) is 7.40. The highest BCUT2D eigenvalue weighted by molar-refractivity contribution is 6.18. The van der Waals surface area contributed by atoms with Crippen molar-refractivity contribution in [2.24, 2.45) is 0 Å². The molecular weight excluding hydrogens is 272 g/mol. The summed E-state index contributed by atoms with van der Waals surface area (Å²) in [7, 11) is 1.73. The van der Waals surface area contributed by atoms with E-state index in [0.29, 0.717) is 5.88 Å². The maximum atomic E-state index is 5.90. The highest BCUT2D eigenvalue weighted by atomic mass is 35.5. The van der Waals surface area contributed by atoms with Crippen molar-refractivity contribution in [2.45, 2.75) is 13.5 Å². The van der Waals surface area contributed by atoms with Crippen molar-refractivity contribution in [3.05, 3.63) is 41.6 Å². The second kappa shape index (κ2) is 7.58. The number of nitrogens with zero attached hydrogens (tertiary/aromatic N) is 2. The number of aromatic nitrogens is 1. The van der Waals surface area contributed by atoms with Gasteiger partial charge in [0.25, 0.3) is 0 Å². The van der Waals surface area contributed by atoms with Crippen LogP contribution < -0.4 is 0 Å². The van der Waals surface area contributed by atoms with Crippen LogP contribution in [0.15, 0.2) is 30.3 Å². The van der Waals surface area contributed by atoms with Crippen molar-refractivity contribution in [1.82, 2.24) is 9.88 Å². The first-order valence-electron chi connectivity index (χ1n) is 6.87. The van der Waals surface area contributed by atoms with Gasteiger partial charge in [-0.2, -0.15) is 0 Å². The van der Waals surface area contributed by atoms with Crippen LogP contribution >= 0.6 is 11.6 Å². The molecule has 0 aliphatic rings. The predicted octanol–water partition coefficient (Wildman–Crippen LogP) is 3.23. The third-order valence-corrected chi connectivity index (χ3v) is 3.51. The van der Waals surface area contributed by atoms with Gasteiger partial charge in [-0.05, 0) is 24.6 Å². The summed E-state index contributed by atoms with van der Waals surface area (Å²) in [5.74, 6) is 0.631. The topological polar surface area (TPSA) is 25.4 Å². The molecule has 3 nitrogen and oxygen atoms in total. The van der Waals surface area contributed by atoms with Crippen molar-refractivity contribution in [3.63, 3.8) is 0 Å². The SMILES string of the molecule is COCCN(CCCl)Cc1cc(C)nc2ccccc12. The largest absolute Gasteiger partial charge is 0.383 e. The van der Waals surface area contributed by atoms with E-state index in [2.05, 4.69) is 34.1 Å². The Balaban J connectivity index is 2.26. The zero-order valence-corrected chi connectivity index (χ0v) is 12.9. The lowest BCUT2D eigenvalue weighted by molar-refractivity contribution is 0.148. The molecule has 0 unspecified atom stereocenters. The number of rotatable bonds is 7. The molecule has 108 valence electrons. The van der Waals surface area contributed by atoms with Crippen LogP contribution in [0.2, 0.25) is 0 Å². The van der Waals surface area contributed by atoms with E-state index in [-0.39, 0.29) is 0 Å². The van der Waals surface area contributed by atoms with E-state index in [1.54, 1.807) is 7.11 Å². The zero-order valence-electron chi connectivity index (χ0n) is 12.1. The Labute approximate surface area is 125 Å². The molecule has 1 aromatic heterocycles. The minimum Gasteiger partial charge on any atom is -0.383 e. The van der Waals surface area contributed by atoms with Crippen LogP contribution in [0.25, 0.3) is 10.9 Å². The average molecular weight is 293 g/mol. The number of pyridine rings is 1. The molecule has 0 atom stereocenters. The smallest absolute Gasteiger partial charge is 0.0708 e. The lowest BCUT2D eigenvalue weighted by atomic mass is 10.1. The van der Waals surface area contributed by atoms with E-state index in [9.17, 15) is 0 Å². The van der Waals surface area contributed by atoms with Gasteiger partial charge in [-0.3, -0.25) is 9.88 Å². The second-order valence-corrected chi connectivity index (χ2v) is 5.28. The molecule has 1 aromatic carbocycles. The van der Waals surface area contributed by atoms with E-state index >= 15 is 0 Å². The molecule has 0 saturated carbocycles. The molecule has 0 N–H and O–H groups in total. The first kappa shape index (κ1) is 15.2. The molecule has 0 bridgehead atoms. The van der Waals surface area contributed by atoms with Gasteiger partial charge in [-0.25, -0.2) is 0 Å². The average Bonchev–Trinajstić information content (AvgIpc) is 2.44. The van der Waals surface area contributed by atoms with Gasteiger partial charge in [0.1, 0.15) is 0 Å². The molecule has 0 fully saturated rings. The van der Waals surface area contributed by atoms with Gasteiger partial charge >= 0.3 is 0 Å². The third-order valence-electron chi connectivity index (χ3n) is 3.34. The number of hydrogen-bond acceptors (Lipinski definition) is 3. The normalized spacial score (nSPS) is 11.4. The van der Waals surface area contributed by atoms with Crippen molar-refractivity contribution >= 4 is 22.5 Å². The van der Waals surface area contributed by atoms with E-state index < -0.39 is 0 Å². The molecule has 2 aromatic rings. The van der Waals surface area contributed by atoms with E-state index in [1.165, 1.54) is 10.9 Å². The molecule has 0 aliphatic heterocycles. The molecule has 0 radical (unpaired) electrons. The quantitative estimate of drug-likeness (QED) is 0.733. The van der Waals surface area contributed by atoms with Gasteiger partial charge in [-0.1, -0.05) is 18.2 Å². The van der Waals surface area contributed by atoms with Crippen LogP contribution in [0, 0.1) is 6.92 Å². The van der Waals surface area contributed by atoms with Crippen LogP contribution in [-0.4, -0.2) is 42.6 Å². The summed E-state index contributed by atoms with van der Waals surface area (Å²) in [6.45, 7) is 5.38. The van der Waals surface area contributed by atoms with Gasteiger partial charge in [0.2, 0.25) is 0 Å². The summed E-state index contributed by atoms with van der Waals surface area (Å²) in [5.41, 5.74) is 3.41. The number of para-hydroxylation sites is 1. The molecule has 20 heavy (non-hydrogen) atoms. The van der Waals surface area contributed by atoms with Crippen LogP contribution in [0.3, 0.4) is 0 Å². The molecule has 1 heterocycles. The van der Waals surface area contributed by atoms with Crippen molar-refractivity contribution < 1.29 is 4.74 Å². The first-order chi connectivity index (χ1) is 9.74. The molecule has 0 spiro atoms. The van der Waals surface area contributed by atoms with Crippen LogP contribution in [0.4, 0.5) is 0 Å². The van der Waals surface area contributed by atoms with Gasteiger partial charge in [-0.15, -0.1) is 11.6 Å². The molecular formula is C16H21ClN2O. The molecule has 0 aliphatic carbocycles. The third kappa shape index (κ3) is 3.92.